The normalized spacial score (nSPS) is 20.5. The van der Waals surface area contributed by atoms with Crippen molar-refractivity contribution in [3.63, 3.8) is 0 Å². The number of amides is 4. The number of thiazole rings is 1. The Hall–Kier alpha value is -4.04. The largest absolute Gasteiger partial charge is 0.443 e. The van der Waals surface area contributed by atoms with Gasteiger partial charge in [0, 0.05) is 24.4 Å². The first-order valence-corrected chi connectivity index (χ1v) is 19.1. The smallest absolute Gasteiger partial charge is 0.407 e. The molecule has 0 radical (unpaired) electrons. The molecule has 4 N–H and O–H groups in total. The predicted molar refractivity (Wildman–Crippen MR) is 199 cm³/mol. The monoisotopic (exact) mass is 735 g/mol. The number of aliphatic hydroxyl groups is 1. The summed E-state index contributed by atoms with van der Waals surface area (Å²) in [6, 6.07) is 16.8. The van der Waals surface area contributed by atoms with Crippen LogP contribution >= 0.6 is 11.3 Å². The highest BCUT2D eigenvalue weighted by Gasteiger charge is 2.44. The Kier molecular flexibility index (Phi) is 14.0. The molecule has 0 unspecified atom stereocenters. The topological polar surface area (TPSA) is 151 Å². The maximum atomic E-state index is 13.9. The van der Waals surface area contributed by atoms with Gasteiger partial charge in [0.05, 0.1) is 48.5 Å². The SMILES string of the molecule is CC(C)c1nc(CN(C)C(=O)N[C@H](C(=O)N[C@@H](Cc2ccccc2)[C@@H](O)C[C@H](Cc2ccccc2)NC(=O)O[C@H]2CO[C@H]3OCC[C@H]32)C(C)C)cs1. The van der Waals surface area contributed by atoms with E-state index in [-0.39, 0.29) is 31.2 Å². The lowest BCUT2D eigenvalue weighted by molar-refractivity contribution is -0.125. The lowest BCUT2D eigenvalue weighted by Crippen LogP contribution is -2.57. The molecule has 1 aromatic heterocycles. The number of nitrogens with one attached hydrogen (secondary N) is 3. The van der Waals surface area contributed by atoms with Gasteiger partial charge in [-0.25, -0.2) is 14.6 Å². The van der Waals surface area contributed by atoms with Crippen LogP contribution < -0.4 is 16.0 Å². The number of carbonyl (C=O) groups is 3. The van der Waals surface area contributed by atoms with Gasteiger partial charge in [-0.1, -0.05) is 88.4 Å². The summed E-state index contributed by atoms with van der Waals surface area (Å²) in [4.78, 5) is 46.7. The van der Waals surface area contributed by atoms with Gasteiger partial charge in [0.25, 0.3) is 0 Å². The van der Waals surface area contributed by atoms with E-state index in [1.165, 1.54) is 4.90 Å². The van der Waals surface area contributed by atoms with Crippen LogP contribution in [-0.4, -0.2) is 89.9 Å². The minimum Gasteiger partial charge on any atom is -0.443 e. The molecule has 2 saturated heterocycles. The fraction of sp³-hybridized carbons (Fsp3) is 0.538. The number of ether oxygens (including phenoxy) is 3. The van der Waals surface area contributed by atoms with E-state index in [2.05, 4.69) is 34.8 Å². The highest BCUT2D eigenvalue weighted by molar-refractivity contribution is 7.09. The molecule has 2 aliphatic heterocycles. The summed E-state index contributed by atoms with van der Waals surface area (Å²) < 4.78 is 17.0. The zero-order chi connectivity index (χ0) is 37.2. The van der Waals surface area contributed by atoms with Gasteiger partial charge in [-0.05, 0) is 42.7 Å². The Morgan fingerprint density at radius 3 is 2.27 bits per heavy atom. The van der Waals surface area contributed by atoms with Crippen LogP contribution in [0.5, 0.6) is 0 Å². The van der Waals surface area contributed by atoms with Crippen LogP contribution in [0.4, 0.5) is 9.59 Å². The molecule has 3 heterocycles. The molecule has 7 atom stereocenters. The van der Waals surface area contributed by atoms with Crippen molar-refractivity contribution in [1.82, 2.24) is 25.8 Å². The summed E-state index contributed by atoms with van der Waals surface area (Å²) >= 11 is 1.57. The molecule has 52 heavy (non-hydrogen) atoms. The van der Waals surface area contributed by atoms with Crippen LogP contribution in [-0.2, 0) is 38.4 Å². The highest BCUT2D eigenvalue weighted by Crippen LogP contribution is 2.33. The van der Waals surface area contributed by atoms with Gasteiger partial charge in [0.15, 0.2) is 6.29 Å². The van der Waals surface area contributed by atoms with E-state index in [0.717, 1.165) is 28.2 Å². The number of benzene rings is 2. The number of aromatic nitrogens is 1. The summed E-state index contributed by atoms with van der Waals surface area (Å²) in [6.07, 6.45) is -0.766. The fourth-order valence-corrected chi connectivity index (χ4v) is 7.44. The highest BCUT2D eigenvalue weighted by atomic mass is 32.1. The molecule has 0 bridgehead atoms. The molecule has 2 aliphatic rings. The molecule has 0 spiro atoms. The number of rotatable bonds is 16. The molecule has 13 heteroatoms. The molecule has 282 valence electrons. The van der Waals surface area contributed by atoms with Crippen LogP contribution in [0.15, 0.2) is 66.0 Å². The van der Waals surface area contributed by atoms with E-state index in [4.69, 9.17) is 14.2 Å². The maximum Gasteiger partial charge on any atom is 0.407 e. The van der Waals surface area contributed by atoms with Gasteiger partial charge in [0.2, 0.25) is 5.91 Å². The van der Waals surface area contributed by atoms with Gasteiger partial charge < -0.3 is 40.2 Å². The standard InChI is InChI=1S/C39H53N5O7S/c1-24(2)34(43-38(47)44(5)21-29-23-52-36(40-29)25(3)4)35(46)42-31(19-27-14-10-7-11-15-27)32(45)20-28(18-26-12-8-6-9-13-26)41-39(48)51-33-22-50-37-30(33)16-17-49-37/h6-15,23-25,28,30-34,37,45H,16-22H2,1-5H3,(H,41,48)(H,42,46)(H,43,47)/t28-,30-,31-,32-,33-,34-,37+/m0/s1. The number of fused-ring (bicyclic) bond motifs is 1. The van der Waals surface area contributed by atoms with Gasteiger partial charge in [-0.15, -0.1) is 11.3 Å². The second-order valence-electron chi connectivity index (χ2n) is 14.5. The van der Waals surface area contributed by atoms with Crippen molar-refractivity contribution in [2.75, 3.05) is 20.3 Å². The van der Waals surface area contributed by atoms with Gasteiger partial charge in [0.1, 0.15) is 12.1 Å². The lowest BCUT2D eigenvalue weighted by atomic mass is 9.93. The first kappa shape index (κ1) is 39.2. The van der Waals surface area contributed by atoms with Crippen molar-refractivity contribution in [3.05, 3.63) is 87.9 Å². The van der Waals surface area contributed by atoms with Crippen molar-refractivity contribution >= 4 is 29.4 Å². The van der Waals surface area contributed by atoms with Crippen LogP contribution in [0.25, 0.3) is 0 Å². The van der Waals surface area contributed by atoms with Gasteiger partial charge in [-0.3, -0.25) is 4.79 Å². The Balaban J connectivity index is 1.27. The van der Waals surface area contributed by atoms with E-state index in [9.17, 15) is 19.5 Å². The molecule has 2 fully saturated rings. The maximum absolute atomic E-state index is 13.9. The third-order valence-corrected chi connectivity index (χ3v) is 10.7. The van der Waals surface area contributed by atoms with Gasteiger partial charge >= 0.3 is 12.1 Å². The molecule has 4 amide bonds. The number of urea groups is 1. The summed E-state index contributed by atoms with van der Waals surface area (Å²) in [5.41, 5.74) is 2.68. The van der Waals surface area contributed by atoms with Crippen LogP contribution in [0.2, 0.25) is 0 Å². The summed E-state index contributed by atoms with van der Waals surface area (Å²) in [5, 5.41) is 23.7. The van der Waals surface area contributed by atoms with Crippen molar-refractivity contribution in [3.8, 4) is 0 Å². The quantitative estimate of drug-likeness (QED) is 0.160. The molecular formula is C39H53N5O7S. The minimum absolute atomic E-state index is 0.00593. The van der Waals surface area contributed by atoms with Crippen LogP contribution in [0, 0.1) is 11.8 Å². The number of alkyl carbamates (subject to hydrolysis) is 1. The minimum atomic E-state index is -1.06. The van der Waals surface area contributed by atoms with Gasteiger partial charge in [-0.2, -0.15) is 0 Å². The number of hydrogen-bond acceptors (Lipinski definition) is 9. The molecule has 12 nitrogen and oxygen atoms in total. The molecule has 3 aromatic rings. The first-order chi connectivity index (χ1) is 25.0. The number of hydrogen-bond donors (Lipinski definition) is 4. The summed E-state index contributed by atoms with van der Waals surface area (Å²) in [5.74, 6) is -0.361. The lowest BCUT2D eigenvalue weighted by Gasteiger charge is -2.31. The summed E-state index contributed by atoms with van der Waals surface area (Å²) in [6.45, 7) is 9.02. The van der Waals surface area contributed by atoms with E-state index < -0.39 is 48.4 Å². The van der Waals surface area contributed by atoms with E-state index >= 15 is 0 Å². The summed E-state index contributed by atoms with van der Waals surface area (Å²) in [7, 11) is 1.67. The second-order valence-corrected chi connectivity index (χ2v) is 15.4. The van der Waals surface area contributed by atoms with E-state index in [1.807, 2.05) is 79.9 Å². The number of aliphatic hydroxyl groups excluding tert-OH is 1. The van der Waals surface area contributed by atoms with Crippen molar-refractivity contribution in [1.29, 1.82) is 0 Å². The van der Waals surface area contributed by atoms with Crippen molar-refractivity contribution in [2.45, 2.75) is 102 Å². The molecular weight excluding hydrogens is 683 g/mol. The molecule has 5 rings (SSSR count). The van der Waals surface area contributed by atoms with E-state index in [1.54, 1.807) is 18.4 Å². The Morgan fingerprint density at radius 2 is 1.63 bits per heavy atom. The Morgan fingerprint density at radius 1 is 0.962 bits per heavy atom. The average Bonchev–Trinajstić information content (AvgIpc) is 3.87. The predicted octanol–water partition coefficient (Wildman–Crippen LogP) is 5.01. The van der Waals surface area contributed by atoms with E-state index in [0.29, 0.717) is 31.9 Å². The third kappa shape index (κ3) is 11.0. The van der Waals surface area contributed by atoms with Crippen LogP contribution in [0.1, 0.15) is 68.3 Å². The number of carbonyl (C=O) groups excluding carboxylic acids is 3. The zero-order valence-electron chi connectivity index (χ0n) is 30.7. The molecule has 2 aromatic carbocycles. The van der Waals surface area contributed by atoms with Crippen molar-refractivity contribution < 1.29 is 33.7 Å². The van der Waals surface area contributed by atoms with Crippen molar-refractivity contribution in [2.24, 2.45) is 11.8 Å². The second kappa shape index (κ2) is 18.6. The molecule has 0 saturated carbocycles. The zero-order valence-corrected chi connectivity index (χ0v) is 31.5. The first-order valence-electron chi connectivity index (χ1n) is 18.2. The fourth-order valence-electron chi connectivity index (χ4n) is 6.61. The Labute approximate surface area is 310 Å². The third-order valence-electron chi connectivity index (χ3n) is 9.54. The number of nitrogens with zero attached hydrogens (tertiary/aromatic N) is 2. The average molecular weight is 736 g/mol. The van der Waals surface area contributed by atoms with Crippen LogP contribution in [0.3, 0.4) is 0 Å². The molecule has 0 aliphatic carbocycles. The Bertz CT molecular complexity index is 1590.